The Kier molecular flexibility index (Phi) is 7.66. The van der Waals surface area contributed by atoms with Gasteiger partial charge in [0.25, 0.3) is 0 Å². The van der Waals surface area contributed by atoms with E-state index in [1.807, 2.05) is 6.92 Å². The second-order valence-corrected chi connectivity index (χ2v) is 6.35. The number of hydrogen-bond acceptors (Lipinski definition) is 5. The van der Waals surface area contributed by atoms with Crippen molar-refractivity contribution in [3.8, 4) is 0 Å². The van der Waals surface area contributed by atoms with E-state index in [0.717, 1.165) is 6.42 Å². The van der Waals surface area contributed by atoms with Crippen molar-refractivity contribution < 1.29 is 14.4 Å². The molecule has 0 aromatic rings. The van der Waals surface area contributed by atoms with E-state index < -0.39 is 6.04 Å². The van der Waals surface area contributed by atoms with Crippen LogP contribution in [0.15, 0.2) is 0 Å². The minimum Gasteiger partial charge on any atom is -0.355 e. The number of likely N-dealkylation sites (N-methyl/N-ethyl adjacent to an activating group) is 1. The summed E-state index contributed by atoms with van der Waals surface area (Å²) >= 11 is 6.45. The van der Waals surface area contributed by atoms with Gasteiger partial charge in [-0.2, -0.15) is 0 Å². The normalized spacial score (nSPS) is 16.0. The Hall–Kier alpha value is -1.15. The molecule has 0 aromatic carbocycles. The lowest BCUT2D eigenvalue weighted by molar-refractivity contribution is -0.128. The van der Waals surface area contributed by atoms with E-state index in [1.165, 1.54) is 11.8 Å². The number of hydrogen-bond donors (Lipinski definition) is 2. The van der Waals surface area contributed by atoms with E-state index in [0.29, 0.717) is 36.0 Å². The molecule has 1 atom stereocenters. The zero-order valence-electron chi connectivity index (χ0n) is 12.3. The fourth-order valence-corrected chi connectivity index (χ4v) is 2.98. The van der Waals surface area contributed by atoms with E-state index >= 15 is 0 Å². The number of unbranched alkanes of at least 4 members (excludes halogenated alkanes) is 1. The lowest BCUT2D eigenvalue weighted by Crippen LogP contribution is -2.44. The number of amides is 3. The van der Waals surface area contributed by atoms with Crippen LogP contribution in [0, 0.1) is 0 Å². The molecule has 2 N–H and O–H groups in total. The Morgan fingerprint density at radius 2 is 2.14 bits per heavy atom. The van der Waals surface area contributed by atoms with Crippen LogP contribution in [-0.4, -0.2) is 51.8 Å². The molecule has 0 aliphatic carbocycles. The summed E-state index contributed by atoms with van der Waals surface area (Å²) in [6.45, 7) is 4.58. The zero-order chi connectivity index (χ0) is 15.8. The van der Waals surface area contributed by atoms with Gasteiger partial charge in [0.1, 0.15) is 10.4 Å². The summed E-state index contributed by atoms with van der Waals surface area (Å²) in [4.78, 5) is 36.2. The third-order valence-electron chi connectivity index (χ3n) is 3.00. The van der Waals surface area contributed by atoms with Gasteiger partial charge in [-0.05, 0) is 26.7 Å². The Balaban J connectivity index is 2.17. The molecule has 0 bridgehead atoms. The van der Waals surface area contributed by atoms with Crippen LogP contribution in [0.2, 0.25) is 0 Å². The molecule has 3 amide bonds. The molecular weight excluding hydrogens is 310 g/mol. The van der Waals surface area contributed by atoms with E-state index in [4.69, 9.17) is 12.2 Å². The van der Waals surface area contributed by atoms with Crippen molar-refractivity contribution >= 4 is 46.0 Å². The monoisotopic (exact) mass is 331 g/mol. The smallest absolute Gasteiger partial charge is 0.242 e. The first kappa shape index (κ1) is 17.9. The van der Waals surface area contributed by atoms with Crippen LogP contribution in [-0.2, 0) is 14.4 Å². The second-order valence-electron chi connectivity index (χ2n) is 4.74. The van der Waals surface area contributed by atoms with E-state index in [-0.39, 0.29) is 17.7 Å². The summed E-state index contributed by atoms with van der Waals surface area (Å²) in [5.74, 6) is 0.122. The van der Waals surface area contributed by atoms with Crippen molar-refractivity contribution in [2.45, 2.75) is 39.2 Å². The van der Waals surface area contributed by atoms with Crippen LogP contribution in [0.25, 0.3) is 0 Å². The van der Waals surface area contributed by atoms with Crippen LogP contribution >= 0.6 is 24.0 Å². The topological polar surface area (TPSA) is 78.5 Å². The number of rotatable bonds is 8. The van der Waals surface area contributed by atoms with Crippen molar-refractivity contribution in [1.82, 2.24) is 15.5 Å². The van der Waals surface area contributed by atoms with Gasteiger partial charge in [0, 0.05) is 19.5 Å². The van der Waals surface area contributed by atoms with E-state index in [1.54, 1.807) is 11.8 Å². The van der Waals surface area contributed by atoms with Crippen molar-refractivity contribution in [3.05, 3.63) is 0 Å². The second kappa shape index (κ2) is 8.99. The largest absolute Gasteiger partial charge is 0.355 e. The van der Waals surface area contributed by atoms with E-state index in [9.17, 15) is 14.4 Å². The minimum absolute atomic E-state index is 0.0410. The Labute approximate surface area is 134 Å². The van der Waals surface area contributed by atoms with Crippen LogP contribution < -0.4 is 10.6 Å². The van der Waals surface area contributed by atoms with Gasteiger partial charge < -0.3 is 10.6 Å². The predicted octanol–water partition coefficient (Wildman–Crippen LogP) is 0.658. The molecule has 0 saturated carbocycles. The maximum absolute atomic E-state index is 11.7. The standard InChI is InChI=1S/C13H21N3O3S2/c1-3-14-12(19)9(2)15-10(17)6-4-5-7-16-11(18)8-21-13(16)20/h9H,3-8H2,1-2H3,(H,14,19)(H,15,17)/t9-/m0/s1. The highest BCUT2D eigenvalue weighted by Crippen LogP contribution is 2.19. The van der Waals surface area contributed by atoms with Gasteiger partial charge in [-0.15, -0.1) is 0 Å². The Morgan fingerprint density at radius 1 is 1.43 bits per heavy atom. The summed E-state index contributed by atoms with van der Waals surface area (Å²) in [6, 6.07) is -0.526. The van der Waals surface area contributed by atoms with Crippen molar-refractivity contribution in [3.63, 3.8) is 0 Å². The molecule has 1 saturated heterocycles. The van der Waals surface area contributed by atoms with Crippen LogP contribution in [0.1, 0.15) is 33.1 Å². The number of carbonyl (C=O) groups is 3. The SMILES string of the molecule is CCNC(=O)[C@H](C)NC(=O)CCCCN1C(=O)CSC1=S. The molecule has 1 rings (SSSR count). The van der Waals surface area contributed by atoms with Gasteiger partial charge in [-0.3, -0.25) is 19.3 Å². The maximum atomic E-state index is 11.7. The first-order valence-electron chi connectivity index (χ1n) is 7.00. The van der Waals surface area contributed by atoms with Gasteiger partial charge >= 0.3 is 0 Å². The number of thiocarbonyl (C=S) groups is 1. The molecule has 1 fully saturated rings. The average molecular weight is 331 g/mol. The molecule has 118 valence electrons. The van der Waals surface area contributed by atoms with Gasteiger partial charge in [0.05, 0.1) is 5.75 Å². The van der Waals surface area contributed by atoms with E-state index in [2.05, 4.69) is 10.6 Å². The quantitative estimate of drug-likeness (QED) is 0.505. The lowest BCUT2D eigenvalue weighted by atomic mass is 10.2. The highest BCUT2D eigenvalue weighted by molar-refractivity contribution is 8.23. The van der Waals surface area contributed by atoms with Crippen LogP contribution in [0.3, 0.4) is 0 Å². The molecule has 1 aliphatic rings. The average Bonchev–Trinajstić information content (AvgIpc) is 2.75. The molecule has 0 aromatic heterocycles. The maximum Gasteiger partial charge on any atom is 0.242 e. The molecular formula is C13H21N3O3S2. The first-order valence-corrected chi connectivity index (χ1v) is 8.39. The number of nitrogens with one attached hydrogen (secondary N) is 2. The molecule has 21 heavy (non-hydrogen) atoms. The molecule has 8 heteroatoms. The third kappa shape index (κ3) is 6.01. The third-order valence-corrected chi connectivity index (χ3v) is 4.43. The predicted molar refractivity (Wildman–Crippen MR) is 86.9 cm³/mol. The molecule has 0 radical (unpaired) electrons. The zero-order valence-corrected chi connectivity index (χ0v) is 13.9. The summed E-state index contributed by atoms with van der Waals surface area (Å²) in [6.07, 6.45) is 1.71. The Morgan fingerprint density at radius 3 is 2.71 bits per heavy atom. The van der Waals surface area contributed by atoms with Crippen molar-refractivity contribution in [2.75, 3.05) is 18.8 Å². The fourth-order valence-electron chi connectivity index (χ4n) is 1.86. The first-order chi connectivity index (χ1) is 9.95. The molecule has 6 nitrogen and oxygen atoms in total. The summed E-state index contributed by atoms with van der Waals surface area (Å²) in [7, 11) is 0. The Bertz CT molecular complexity index is 413. The van der Waals surface area contributed by atoms with Crippen LogP contribution in [0.5, 0.6) is 0 Å². The summed E-state index contributed by atoms with van der Waals surface area (Å²) in [5, 5.41) is 5.30. The van der Waals surface area contributed by atoms with Gasteiger partial charge in [-0.1, -0.05) is 24.0 Å². The molecule has 0 spiro atoms. The lowest BCUT2D eigenvalue weighted by Gasteiger charge is -2.15. The van der Waals surface area contributed by atoms with Crippen molar-refractivity contribution in [1.29, 1.82) is 0 Å². The molecule has 1 aliphatic heterocycles. The number of nitrogens with zero attached hydrogens (tertiary/aromatic N) is 1. The van der Waals surface area contributed by atoms with Gasteiger partial charge in [0.15, 0.2) is 0 Å². The highest BCUT2D eigenvalue weighted by atomic mass is 32.2. The fraction of sp³-hybridized carbons (Fsp3) is 0.692. The van der Waals surface area contributed by atoms with Crippen molar-refractivity contribution in [2.24, 2.45) is 0 Å². The highest BCUT2D eigenvalue weighted by Gasteiger charge is 2.25. The van der Waals surface area contributed by atoms with Gasteiger partial charge in [-0.25, -0.2) is 0 Å². The summed E-state index contributed by atoms with van der Waals surface area (Å²) in [5.41, 5.74) is 0. The minimum atomic E-state index is -0.526. The molecule has 0 unspecified atom stereocenters. The van der Waals surface area contributed by atoms with Crippen LogP contribution in [0.4, 0.5) is 0 Å². The number of carbonyl (C=O) groups excluding carboxylic acids is 3. The van der Waals surface area contributed by atoms with Gasteiger partial charge in [0.2, 0.25) is 17.7 Å². The number of thioether (sulfide) groups is 1. The summed E-state index contributed by atoms with van der Waals surface area (Å²) < 4.78 is 0.620. The molecule has 1 heterocycles.